The highest BCUT2D eigenvalue weighted by molar-refractivity contribution is 6.08. The van der Waals surface area contributed by atoms with Gasteiger partial charge in [0.15, 0.2) is 0 Å². The Labute approximate surface area is 140 Å². The molecule has 0 saturated carbocycles. The summed E-state index contributed by atoms with van der Waals surface area (Å²) in [5, 5.41) is 1.71. The average molecular weight is 331 g/mol. The molecule has 2 amide bonds. The summed E-state index contributed by atoms with van der Waals surface area (Å²) in [6.07, 6.45) is 0. The largest absolute Gasteiger partial charge is 0.465 e. The number of rotatable bonds is 3. The lowest BCUT2D eigenvalue weighted by molar-refractivity contribution is -0.143. The van der Waals surface area contributed by atoms with Crippen LogP contribution in [0, 0.1) is 5.92 Å². The number of amides is 2. The Bertz CT molecular complexity index is 686. The number of likely N-dealkylation sites (N-methyl/N-ethyl adjacent to an activating group) is 1. The van der Waals surface area contributed by atoms with Gasteiger partial charge in [0.2, 0.25) is 11.8 Å². The summed E-state index contributed by atoms with van der Waals surface area (Å²) in [6, 6.07) is 5.95. The number of carbonyl (C=O) groups is 3. The molecule has 2 saturated heterocycles. The molecule has 0 aliphatic carbocycles. The lowest BCUT2D eigenvalue weighted by atomic mass is 9.90. The first-order valence-corrected chi connectivity index (χ1v) is 7.91. The van der Waals surface area contributed by atoms with Crippen LogP contribution in [0.3, 0.4) is 0 Å². The molecule has 3 rings (SSSR count). The van der Waals surface area contributed by atoms with E-state index in [0.29, 0.717) is 5.56 Å². The van der Waals surface area contributed by atoms with Gasteiger partial charge in [-0.3, -0.25) is 14.5 Å². The highest BCUT2D eigenvalue weighted by atomic mass is 16.5. The molecule has 0 aromatic heterocycles. The first-order chi connectivity index (χ1) is 11.4. The number of likely N-dealkylation sites (tertiary alicyclic amines) is 1. The van der Waals surface area contributed by atoms with Crippen molar-refractivity contribution in [1.82, 2.24) is 15.3 Å². The first kappa shape index (κ1) is 16.6. The van der Waals surface area contributed by atoms with Gasteiger partial charge in [-0.05, 0) is 31.5 Å². The van der Waals surface area contributed by atoms with Gasteiger partial charge in [0.1, 0.15) is 6.04 Å². The minimum absolute atomic E-state index is 0.154. The Morgan fingerprint density at radius 3 is 2.33 bits per heavy atom. The summed E-state index contributed by atoms with van der Waals surface area (Å²) in [5.74, 6) is -1.19. The van der Waals surface area contributed by atoms with E-state index in [0.717, 1.165) is 5.56 Å². The van der Waals surface area contributed by atoms with Crippen molar-refractivity contribution in [3.05, 3.63) is 35.4 Å². The van der Waals surface area contributed by atoms with Crippen LogP contribution in [0.25, 0.3) is 0 Å². The molecule has 128 valence electrons. The molecule has 24 heavy (non-hydrogen) atoms. The lowest BCUT2D eigenvalue weighted by Crippen LogP contribution is -2.45. The maximum atomic E-state index is 12.8. The van der Waals surface area contributed by atoms with Crippen molar-refractivity contribution in [3.8, 4) is 0 Å². The zero-order chi connectivity index (χ0) is 17.6. The van der Waals surface area contributed by atoms with Gasteiger partial charge >= 0.3 is 5.97 Å². The molecule has 1 N–H and O–H groups in total. The molecular formula is C17H21N3O4. The average Bonchev–Trinajstić information content (AvgIpc) is 3.03. The van der Waals surface area contributed by atoms with Crippen molar-refractivity contribution in [2.45, 2.75) is 32.0 Å². The van der Waals surface area contributed by atoms with E-state index in [2.05, 4.69) is 5.43 Å². The van der Waals surface area contributed by atoms with Gasteiger partial charge in [0.25, 0.3) is 0 Å². The summed E-state index contributed by atoms with van der Waals surface area (Å²) in [7, 11) is 3.10. The standard InChI is InChI=1S/C17H21N3O4/c1-9(2)20-15(21)12-13(18-19(3)14(12)16(20)22)10-5-7-11(8-6-10)17(23)24-4/h5-9,12-14,18H,1-4H3/t12-,13+,14-/m1/s1. The Kier molecular flexibility index (Phi) is 4.15. The lowest BCUT2D eigenvalue weighted by Gasteiger charge is -2.24. The number of hydrogen-bond acceptors (Lipinski definition) is 6. The predicted octanol–water partition coefficient (Wildman–Crippen LogP) is 0.726. The molecule has 0 bridgehead atoms. The smallest absolute Gasteiger partial charge is 0.337 e. The molecule has 2 fully saturated rings. The molecule has 7 heteroatoms. The maximum Gasteiger partial charge on any atom is 0.337 e. The van der Waals surface area contributed by atoms with Crippen LogP contribution in [0.4, 0.5) is 0 Å². The Hall–Kier alpha value is -2.25. The third-order valence-corrected chi connectivity index (χ3v) is 4.68. The molecule has 3 atom stereocenters. The van der Waals surface area contributed by atoms with Gasteiger partial charge in [0.05, 0.1) is 24.6 Å². The minimum atomic E-state index is -0.495. The van der Waals surface area contributed by atoms with E-state index in [1.54, 1.807) is 36.3 Å². The summed E-state index contributed by atoms with van der Waals surface area (Å²) in [4.78, 5) is 38.2. The van der Waals surface area contributed by atoms with Crippen molar-refractivity contribution in [3.63, 3.8) is 0 Å². The van der Waals surface area contributed by atoms with Crippen LogP contribution in [0.1, 0.15) is 35.8 Å². The molecule has 2 heterocycles. The SMILES string of the molecule is COC(=O)c1ccc([C@@H]2NN(C)[C@H]3C(=O)N(C(C)C)C(=O)[C@H]23)cc1. The number of ether oxygens (including phenoxy) is 1. The maximum absolute atomic E-state index is 12.8. The topological polar surface area (TPSA) is 79.0 Å². The van der Waals surface area contributed by atoms with Gasteiger partial charge < -0.3 is 4.74 Å². The number of carbonyl (C=O) groups excluding carboxylic acids is 3. The molecular weight excluding hydrogens is 310 g/mol. The van der Waals surface area contributed by atoms with Gasteiger partial charge in [-0.15, -0.1) is 0 Å². The zero-order valence-corrected chi connectivity index (χ0v) is 14.1. The monoisotopic (exact) mass is 331 g/mol. The van der Waals surface area contributed by atoms with Crippen molar-refractivity contribution in [1.29, 1.82) is 0 Å². The Morgan fingerprint density at radius 1 is 1.17 bits per heavy atom. The highest BCUT2D eigenvalue weighted by Crippen LogP contribution is 2.40. The minimum Gasteiger partial charge on any atom is -0.465 e. The fourth-order valence-corrected chi connectivity index (χ4v) is 3.55. The molecule has 0 unspecified atom stereocenters. The number of nitrogens with one attached hydrogen (secondary N) is 1. The molecule has 1 aromatic carbocycles. The summed E-state index contributed by atoms with van der Waals surface area (Å²) < 4.78 is 4.69. The molecule has 0 spiro atoms. The first-order valence-electron chi connectivity index (χ1n) is 7.91. The van der Waals surface area contributed by atoms with Crippen LogP contribution in [-0.4, -0.2) is 53.9 Å². The van der Waals surface area contributed by atoms with E-state index in [4.69, 9.17) is 4.74 Å². The fraction of sp³-hybridized carbons (Fsp3) is 0.471. The number of nitrogens with zero attached hydrogens (tertiary/aromatic N) is 2. The number of hydrazine groups is 1. The second kappa shape index (κ2) is 5.99. The van der Waals surface area contributed by atoms with Crippen LogP contribution in [-0.2, 0) is 14.3 Å². The number of fused-ring (bicyclic) bond motifs is 1. The van der Waals surface area contributed by atoms with Gasteiger partial charge in [-0.2, -0.15) is 0 Å². The quantitative estimate of drug-likeness (QED) is 0.650. The second-order valence-corrected chi connectivity index (χ2v) is 6.44. The molecule has 7 nitrogen and oxygen atoms in total. The third-order valence-electron chi connectivity index (χ3n) is 4.68. The van der Waals surface area contributed by atoms with Gasteiger partial charge in [-0.1, -0.05) is 12.1 Å². The van der Waals surface area contributed by atoms with Crippen molar-refractivity contribution in [2.24, 2.45) is 5.92 Å². The summed E-state index contributed by atoms with van der Waals surface area (Å²) in [6.45, 7) is 3.68. The number of benzene rings is 1. The number of imide groups is 1. The highest BCUT2D eigenvalue weighted by Gasteiger charge is 2.58. The normalized spacial score (nSPS) is 27.0. The molecule has 0 radical (unpaired) electrons. The van der Waals surface area contributed by atoms with Crippen LogP contribution in [0.5, 0.6) is 0 Å². The second-order valence-electron chi connectivity index (χ2n) is 6.44. The van der Waals surface area contributed by atoms with Crippen LogP contribution < -0.4 is 5.43 Å². The van der Waals surface area contributed by atoms with Gasteiger partial charge in [0, 0.05) is 13.1 Å². The number of methoxy groups -OCH3 is 1. The third kappa shape index (κ3) is 2.40. The van der Waals surface area contributed by atoms with E-state index in [1.165, 1.54) is 12.0 Å². The number of hydrogen-bond donors (Lipinski definition) is 1. The van der Waals surface area contributed by atoms with Crippen LogP contribution in [0.15, 0.2) is 24.3 Å². The number of esters is 1. The predicted molar refractivity (Wildman–Crippen MR) is 85.7 cm³/mol. The van der Waals surface area contributed by atoms with Crippen LogP contribution >= 0.6 is 0 Å². The summed E-state index contributed by atoms with van der Waals surface area (Å²) >= 11 is 0. The fourth-order valence-electron chi connectivity index (χ4n) is 3.55. The Balaban J connectivity index is 1.91. The van der Waals surface area contributed by atoms with E-state index < -0.39 is 17.9 Å². The van der Waals surface area contributed by atoms with E-state index in [-0.39, 0.29) is 23.9 Å². The molecule has 2 aliphatic heterocycles. The zero-order valence-electron chi connectivity index (χ0n) is 14.1. The summed E-state index contributed by atoms with van der Waals surface area (Å²) in [5.41, 5.74) is 4.51. The van der Waals surface area contributed by atoms with Crippen molar-refractivity contribution >= 4 is 17.8 Å². The van der Waals surface area contributed by atoms with E-state index >= 15 is 0 Å². The van der Waals surface area contributed by atoms with E-state index in [9.17, 15) is 14.4 Å². The molecule has 1 aromatic rings. The molecule has 2 aliphatic rings. The van der Waals surface area contributed by atoms with Crippen molar-refractivity contribution in [2.75, 3.05) is 14.2 Å². The van der Waals surface area contributed by atoms with Crippen molar-refractivity contribution < 1.29 is 19.1 Å². The van der Waals surface area contributed by atoms with Crippen LogP contribution in [0.2, 0.25) is 0 Å². The van der Waals surface area contributed by atoms with Gasteiger partial charge in [-0.25, -0.2) is 15.2 Å². The Morgan fingerprint density at radius 2 is 1.79 bits per heavy atom. The van der Waals surface area contributed by atoms with E-state index in [1.807, 2.05) is 13.8 Å².